The molecular weight excluding hydrogens is 412 g/mol. The summed E-state index contributed by atoms with van der Waals surface area (Å²) in [5.74, 6) is 0.540. The van der Waals surface area contributed by atoms with Gasteiger partial charge in [0, 0.05) is 30.1 Å². The van der Waals surface area contributed by atoms with Crippen molar-refractivity contribution in [3.05, 3.63) is 57.9 Å². The van der Waals surface area contributed by atoms with E-state index in [1.54, 1.807) is 0 Å². The van der Waals surface area contributed by atoms with E-state index in [2.05, 4.69) is 46.6 Å². The molecule has 33 heavy (non-hydrogen) atoms. The molecule has 0 atom stereocenters. The van der Waals surface area contributed by atoms with Gasteiger partial charge in [0.25, 0.3) is 5.56 Å². The van der Waals surface area contributed by atoms with Crippen LogP contribution in [0.15, 0.2) is 41.2 Å². The number of nitrogens with one attached hydrogen (secondary N) is 1. The summed E-state index contributed by atoms with van der Waals surface area (Å²) < 4.78 is 1.92. The molecule has 2 aromatic heterocycles. The Kier molecular flexibility index (Phi) is 6.40. The summed E-state index contributed by atoms with van der Waals surface area (Å²) in [5.41, 5.74) is 3.33. The van der Waals surface area contributed by atoms with Crippen molar-refractivity contribution >= 4 is 17.1 Å². The summed E-state index contributed by atoms with van der Waals surface area (Å²) in [6.45, 7) is 0. The molecule has 1 aromatic carbocycles. The largest absolute Gasteiger partial charge is 0.350 e. The van der Waals surface area contributed by atoms with Crippen LogP contribution in [-0.4, -0.2) is 50.8 Å². The Morgan fingerprint density at radius 3 is 2.42 bits per heavy atom. The first kappa shape index (κ1) is 22.0. The SMILES string of the molecule is CN(C)C1CCC(Nc2nnc3cc(Cc4ccccc4)c(=O)n(C4CCCC4)c3n2)CC1. The number of rotatable bonds is 6. The first-order chi connectivity index (χ1) is 16.1. The zero-order valence-electron chi connectivity index (χ0n) is 19.7. The molecular formula is C26H34N6O. The quantitative estimate of drug-likeness (QED) is 0.612. The van der Waals surface area contributed by atoms with Crippen molar-refractivity contribution in [2.45, 2.75) is 75.9 Å². The van der Waals surface area contributed by atoms with E-state index in [1.807, 2.05) is 28.8 Å². The lowest BCUT2D eigenvalue weighted by Gasteiger charge is -2.32. The molecule has 7 heteroatoms. The molecule has 2 aliphatic carbocycles. The van der Waals surface area contributed by atoms with Crippen molar-refractivity contribution in [2.24, 2.45) is 0 Å². The minimum absolute atomic E-state index is 0.0659. The van der Waals surface area contributed by atoms with Gasteiger partial charge in [-0.3, -0.25) is 9.36 Å². The molecule has 0 spiro atoms. The molecule has 0 unspecified atom stereocenters. The van der Waals surface area contributed by atoms with E-state index in [1.165, 1.54) is 12.8 Å². The van der Waals surface area contributed by atoms with Crippen LogP contribution in [0.4, 0.5) is 5.95 Å². The smallest absolute Gasteiger partial charge is 0.256 e. The van der Waals surface area contributed by atoms with Crippen molar-refractivity contribution in [2.75, 3.05) is 19.4 Å². The molecule has 5 rings (SSSR count). The van der Waals surface area contributed by atoms with Crippen molar-refractivity contribution in [1.82, 2.24) is 24.6 Å². The molecule has 2 heterocycles. The van der Waals surface area contributed by atoms with Crippen molar-refractivity contribution < 1.29 is 0 Å². The lowest BCUT2D eigenvalue weighted by molar-refractivity contribution is 0.221. The van der Waals surface area contributed by atoms with Crippen LogP contribution in [0, 0.1) is 0 Å². The summed E-state index contributed by atoms with van der Waals surface area (Å²) in [6.07, 6.45) is 9.46. The average molecular weight is 447 g/mol. The zero-order chi connectivity index (χ0) is 22.8. The third-order valence-corrected chi connectivity index (χ3v) is 7.41. The van der Waals surface area contributed by atoms with Crippen LogP contribution < -0.4 is 10.9 Å². The third kappa shape index (κ3) is 4.78. The summed E-state index contributed by atoms with van der Waals surface area (Å²) in [6, 6.07) is 13.2. The lowest BCUT2D eigenvalue weighted by atomic mass is 9.91. The number of pyridine rings is 1. The van der Waals surface area contributed by atoms with Crippen LogP contribution in [0.5, 0.6) is 0 Å². The summed E-state index contributed by atoms with van der Waals surface area (Å²) in [4.78, 5) is 20.8. The second kappa shape index (κ2) is 9.59. The van der Waals surface area contributed by atoms with Gasteiger partial charge in [-0.05, 0) is 64.3 Å². The van der Waals surface area contributed by atoms with Gasteiger partial charge in [-0.25, -0.2) is 0 Å². The molecule has 0 bridgehead atoms. The number of anilines is 1. The Hall–Kier alpha value is -2.80. The lowest BCUT2D eigenvalue weighted by Crippen LogP contribution is -2.36. The van der Waals surface area contributed by atoms with Crippen LogP contribution in [-0.2, 0) is 6.42 Å². The van der Waals surface area contributed by atoms with Gasteiger partial charge >= 0.3 is 0 Å². The predicted octanol–water partition coefficient (Wildman–Crippen LogP) is 4.18. The van der Waals surface area contributed by atoms with Gasteiger partial charge in [0.1, 0.15) is 5.52 Å². The van der Waals surface area contributed by atoms with Crippen molar-refractivity contribution in [3.63, 3.8) is 0 Å². The Morgan fingerprint density at radius 2 is 1.73 bits per heavy atom. The van der Waals surface area contributed by atoms with Crippen LogP contribution in [0.2, 0.25) is 0 Å². The van der Waals surface area contributed by atoms with E-state index in [9.17, 15) is 4.79 Å². The van der Waals surface area contributed by atoms with Crippen LogP contribution >= 0.6 is 0 Å². The van der Waals surface area contributed by atoms with Crippen molar-refractivity contribution in [1.29, 1.82) is 0 Å². The van der Waals surface area contributed by atoms with Crippen LogP contribution in [0.3, 0.4) is 0 Å². The second-order valence-electron chi connectivity index (χ2n) is 9.90. The Balaban J connectivity index is 1.46. The fraction of sp³-hybridized carbons (Fsp3) is 0.538. The highest BCUT2D eigenvalue weighted by Gasteiger charge is 2.25. The number of hydrogen-bond donors (Lipinski definition) is 1. The van der Waals surface area contributed by atoms with Crippen LogP contribution in [0.25, 0.3) is 11.2 Å². The number of benzene rings is 1. The maximum atomic E-state index is 13.6. The molecule has 7 nitrogen and oxygen atoms in total. The first-order valence-corrected chi connectivity index (χ1v) is 12.3. The van der Waals surface area contributed by atoms with Gasteiger partial charge in [0.05, 0.1) is 0 Å². The molecule has 3 aromatic rings. The maximum Gasteiger partial charge on any atom is 0.256 e. The highest BCUT2D eigenvalue weighted by Crippen LogP contribution is 2.31. The summed E-state index contributed by atoms with van der Waals surface area (Å²) >= 11 is 0. The van der Waals surface area contributed by atoms with Gasteiger partial charge in [-0.15, -0.1) is 10.2 Å². The Morgan fingerprint density at radius 1 is 1.00 bits per heavy atom. The average Bonchev–Trinajstić information content (AvgIpc) is 3.35. The normalized spacial score (nSPS) is 21.7. The minimum Gasteiger partial charge on any atom is -0.350 e. The molecule has 174 valence electrons. The minimum atomic E-state index is 0.0659. The van der Waals surface area contributed by atoms with Gasteiger partial charge in [0.2, 0.25) is 5.95 Å². The molecule has 1 N–H and O–H groups in total. The number of nitrogens with zero attached hydrogens (tertiary/aromatic N) is 5. The van der Waals surface area contributed by atoms with Crippen molar-refractivity contribution in [3.8, 4) is 0 Å². The fourth-order valence-corrected chi connectivity index (χ4v) is 5.50. The van der Waals surface area contributed by atoms with Crippen LogP contribution in [0.1, 0.15) is 68.5 Å². The van der Waals surface area contributed by atoms with Gasteiger partial charge in [-0.2, -0.15) is 4.98 Å². The number of fused-ring (bicyclic) bond motifs is 1. The van der Waals surface area contributed by atoms with E-state index in [-0.39, 0.29) is 11.6 Å². The summed E-state index contributed by atoms with van der Waals surface area (Å²) in [7, 11) is 4.31. The zero-order valence-corrected chi connectivity index (χ0v) is 19.7. The van der Waals surface area contributed by atoms with E-state index in [0.29, 0.717) is 35.6 Å². The third-order valence-electron chi connectivity index (χ3n) is 7.41. The van der Waals surface area contributed by atoms with Gasteiger partial charge in [-0.1, -0.05) is 43.2 Å². The molecule has 2 saturated carbocycles. The number of hydrogen-bond acceptors (Lipinski definition) is 6. The maximum absolute atomic E-state index is 13.6. The molecule has 0 saturated heterocycles. The topological polar surface area (TPSA) is 75.9 Å². The van der Waals surface area contributed by atoms with E-state index in [0.717, 1.165) is 49.7 Å². The fourth-order valence-electron chi connectivity index (χ4n) is 5.50. The monoisotopic (exact) mass is 446 g/mol. The molecule has 2 aliphatic rings. The van der Waals surface area contributed by atoms with Gasteiger partial charge in [0.15, 0.2) is 5.65 Å². The number of aromatic nitrogens is 4. The van der Waals surface area contributed by atoms with Gasteiger partial charge < -0.3 is 10.2 Å². The highest BCUT2D eigenvalue weighted by molar-refractivity contribution is 5.71. The van der Waals surface area contributed by atoms with E-state index < -0.39 is 0 Å². The standard InChI is InChI=1S/C26H34N6O/c1-31(2)21-14-12-20(13-15-21)27-26-28-24-23(29-30-26)17-19(16-18-8-4-3-5-9-18)25(33)32(24)22-10-6-7-11-22/h3-5,8-9,17,20-22H,6-7,10-16H2,1-2H3,(H,27,28,30). The predicted molar refractivity (Wildman–Crippen MR) is 132 cm³/mol. The molecule has 0 radical (unpaired) electrons. The van der Waals surface area contributed by atoms with E-state index in [4.69, 9.17) is 4.98 Å². The van der Waals surface area contributed by atoms with E-state index >= 15 is 0 Å². The second-order valence-corrected chi connectivity index (χ2v) is 9.90. The molecule has 0 amide bonds. The highest BCUT2D eigenvalue weighted by atomic mass is 16.1. The summed E-state index contributed by atoms with van der Waals surface area (Å²) in [5, 5.41) is 12.4. The first-order valence-electron chi connectivity index (χ1n) is 12.3. The Labute approximate surface area is 195 Å². The molecule has 0 aliphatic heterocycles. The molecule has 2 fully saturated rings. The Bertz CT molecular complexity index is 1140.